The van der Waals surface area contributed by atoms with Gasteiger partial charge in [-0.3, -0.25) is 0 Å². The van der Waals surface area contributed by atoms with Gasteiger partial charge in [0.15, 0.2) is 17.5 Å². The van der Waals surface area contributed by atoms with Gasteiger partial charge in [0.2, 0.25) is 0 Å². The normalized spacial score (nSPS) is 10.3. The number of rotatable bonds is 4. The third-order valence-electron chi connectivity index (χ3n) is 2.68. The molecule has 0 spiro atoms. The highest BCUT2D eigenvalue weighted by Crippen LogP contribution is 2.18. The van der Waals surface area contributed by atoms with Gasteiger partial charge in [0.25, 0.3) is 0 Å². The van der Waals surface area contributed by atoms with Gasteiger partial charge < -0.3 is 10.4 Å². The standard InChI is InChI=1S/C14H10F3NO2/c15-11-5-10(6-12(16)13(11)17)18-7-8-1-3-9(4-2-8)14(19)20/h1-6,18H,7H2,(H,19,20). The molecule has 0 bridgehead atoms. The summed E-state index contributed by atoms with van der Waals surface area (Å²) in [5.74, 6) is -5.09. The Morgan fingerprint density at radius 2 is 1.60 bits per heavy atom. The maximum absolute atomic E-state index is 13.0. The van der Waals surface area contributed by atoms with Crippen molar-refractivity contribution in [3.8, 4) is 0 Å². The molecule has 0 saturated heterocycles. The number of carboxylic acid groups (broad SMARTS) is 1. The minimum Gasteiger partial charge on any atom is -0.478 e. The number of nitrogens with one attached hydrogen (secondary N) is 1. The van der Waals surface area contributed by atoms with Crippen molar-refractivity contribution in [2.75, 3.05) is 5.32 Å². The van der Waals surface area contributed by atoms with E-state index in [1.165, 1.54) is 12.1 Å². The second-order valence-electron chi connectivity index (χ2n) is 4.11. The lowest BCUT2D eigenvalue weighted by atomic mass is 10.1. The number of hydrogen-bond acceptors (Lipinski definition) is 2. The molecule has 0 saturated carbocycles. The van der Waals surface area contributed by atoms with Crippen LogP contribution in [-0.2, 0) is 6.54 Å². The van der Waals surface area contributed by atoms with Gasteiger partial charge in [-0.05, 0) is 17.7 Å². The predicted octanol–water partition coefficient (Wildman–Crippen LogP) is 3.41. The van der Waals surface area contributed by atoms with Gasteiger partial charge in [-0.1, -0.05) is 12.1 Å². The quantitative estimate of drug-likeness (QED) is 0.844. The van der Waals surface area contributed by atoms with Crippen LogP contribution in [0.25, 0.3) is 0 Å². The predicted molar refractivity (Wildman–Crippen MR) is 67.0 cm³/mol. The summed E-state index contributed by atoms with van der Waals surface area (Å²) in [5, 5.41) is 11.5. The molecule has 2 rings (SSSR count). The number of anilines is 1. The zero-order valence-electron chi connectivity index (χ0n) is 10.2. The van der Waals surface area contributed by atoms with Crippen LogP contribution >= 0.6 is 0 Å². The highest BCUT2D eigenvalue weighted by molar-refractivity contribution is 5.87. The minimum atomic E-state index is -1.51. The maximum atomic E-state index is 13.0. The van der Waals surface area contributed by atoms with E-state index < -0.39 is 23.4 Å². The Kier molecular flexibility index (Phi) is 3.93. The molecule has 0 atom stereocenters. The molecule has 0 radical (unpaired) electrons. The van der Waals surface area contributed by atoms with Gasteiger partial charge in [-0.15, -0.1) is 0 Å². The van der Waals surface area contributed by atoms with Crippen molar-refractivity contribution < 1.29 is 23.1 Å². The molecule has 0 heterocycles. The van der Waals surface area contributed by atoms with Gasteiger partial charge in [0.05, 0.1) is 5.56 Å². The molecule has 0 amide bonds. The summed E-state index contributed by atoms with van der Waals surface area (Å²) in [7, 11) is 0. The maximum Gasteiger partial charge on any atom is 0.335 e. The fourth-order valence-electron chi connectivity index (χ4n) is 1.63. The van der Waals surface area contributed by atoms with Crippen LogP contribution in [0.1, 0.15) is 15.9 Å². The van der Waals surface area contributed by atoms with Crippen molar-refractivity contribution in [2.45, 2.75) is 6.54 Å². The number of hydrogen-bond donors (Lipinski definition) is 2. The molecule has 0 unspecified atom stereocenters. The topological polar surface area (TPSA) is 49.3 Å². The molecule has 0 fully saturated rings. The SMILES string of the molecule is O=C(O)c1ccc(CNc2cc(F)c(F)c(F)c2)cc1. The third-order valence-corrected chi connectivity index (χ3v) is 2.68. The van der Waals surface area contributed by atoms with Gasteiger partial charge in [0, 0.05) is 24.4 Å². The van der Waals surface area contributed by atoms with E-state index in [1.807, 2.05) is 0 Å². The fourth-order valence-corrected chi connectivity index (χ4v) is 1.63. The number of halogens is 3. The molecule has 2 aromatic rings. The zero-order chi connectivity index (χ0) is 14.7. The Bertz CT molecular complexity index is 618. The first-order valence-corrected chi connectivity index (χ1v) is 5.68. The van der Waals surface area contributed by atoms with Crippen LogP contribution in [-0.4, -0.2) is 11.1 Å². The van der Waals surface area contributed by atoms with Crippen LogP contribution in [0, 0.1) is 17.5 Å². The Morgan fingerprint density at radius 3 is 2.10 bits per heavy atom. The van der Waals surface area contributed by atoms with Crippen molar-refractivity contribution in [3.05, 3.63) is 65.0 Å². The highest BCUT2D eigenvalue weighted by Gasteiger charge is 2.10. The largest absolute Gasteiger partial charge is 0.478 e. The van der Waals surface area contributed by atoms with Crippen molar-refractivity contribution >= 4 is 11.7 Å². The van der Waals surface area contributed by atoms with E-state index in [1.54, 1.807) is 12.1 Å². The molecular weight excluding hydrogens is 271 g/mol. The second kappa shape index (κ2) is 5.64. The molecule has 0 aliphatic carbocycles. The zero-order valence-corrected chi connectivity index (χ0v) is 10.2. The fraction of sp³-hybridized carbons (Fsp3) is 0.0714. The molecular formula is C14H10F3NO2. The minimum absolute atomic E-state index is 0.101. The lowest BCUT2D eigenvalue weighted by Gasteiger charge is -2.08. The van der Waals surface area contributed by atoms with E-state index >= 15 is 0 Å². The summed E-state index contributed by atoms with van der Waals surface area (Å²) in [6, 6.07) is 7.70. The first-order chi connectivity index (χ1) is 9.47. The van der Waals surface area contributed by atoms with E-state index in [2.05, 4.69) is 5.32 Å². The molecule has 104 valence electrons. The summed E-state index contributed by atoms with van der Waals surface area (Å²) < 4.78 is 38.7. The number of carbonyl (C=O) groups is 1. The molecule has 0 aliphatic heterocycles. The number of aromatic carboxylic acids is 1. The van der Waals surface area contributed by atoms with Crippen LogP contribution < -0.4 is 5.32 Å². The lowest BCUT2D eigenvalue weighted by Crippen LogP contribution is -2.03. The van der Waals surface area contributed by atoms with Crippen molar-refractivity contribution in [1.29, 1.82) is 0 Å². The molecule has 2 N–H and O–H groups in total. The molecule has 6 heteroatoms. The Balaban J connectivity index is 2.07. The molecule has 0 aliphatic rings. The summed E-state index contributed by atoms with van der Waals surface area (Å²) in [6.07, 6.45) is 0. The van der Waals surface area contributed by atoms with Gasteiger partial charge in [0.1, 0.15) is 0 Å². The number of carboxylic acids is 1. The number of benzene rings is 2. The van der Waals surface area contributed by atoms with Crippen molar-refractivity contribution in [3.63, 3.8) is 0 Å². The van der Waals surface area contributed by atoms with Crippen LogP contribution in [0.4, 0.5) is 18.9 Å². The smallest absolute Gasteiger partial charge is 0.335 e. The van der Waals surface area contributed by atoms with E-state index in [9.17, 15) is 18.0 Å². The summed E-state index contributed by atoms with van der Waals surface area (Å²) in [6.45, 7) is 0.227. The Morgan fingerprint density at radius 1 is 1.05 bits per heavy atom. The van der Waals surface area contributed by atoms with Crippen LogP contribution in [0.3, 0.4) is 0 Å². The first-order valence-electron chi connectivity index (χ1n) is 5.68. The third kappa shape index (κ3) is 3.09. The molecule has 0 aromatic heterocycles. The monoisotopic (exact) mass is 281 g/mol. The average molecular weight is 281 g/mol. The molecule has 3 nitrogen and oxygen atoms in total. The van der Waals surface area contributed by atoms with Gasteiger partial charge >= 0.3 is 5.97 Å². The van der Waals surface area contributed by atoms with E-state index in [-0.39, 0.29) is 17.8 Å². The molecule has 2 aromatic carbocycles. The van der Waals surface area contributed by atoms with E-state index in [0.717, 1.165) is 17.7 Å². The van der Waals surface area contributed by atoms with Crippen LogP contribution in [0.2, 0.25) is 0 Å². The Hall–Kier alpha value is -2.50. The van der Waals surface area contributed by atoms with Gasteiger partial charge in [-0.25, -0.2) is 18.0 Å². The van der Waals surface area contributed by atoms with E-state index in [4.69, 9.17) is 5.11 Å². The summed E-state index contributed by atoms with van der Waals surface area (Å²) >= 11 is 0. The van der Waals surface area contributed by atoms with E-state index in [0.29, 0.717) is 0 Å². The highest BCUT2D eigenvalue weighted by atomic mass is 19.2. The second-order valence-corrected chi connectivity index (χ2v) is 4.11. The average Bonchev–Trinajstić information content (AvgIpc) is 2.42. The summed E-state index contributed by atoms with van der Waals surface area (Å²) in [5.41, 5.74) is 0.969. The van der Waals surface area contributed by atoms with Crippen molar-refractivity contribution in [2.24, 2.45) is 0 Å². The van der Waals surface area contributed by atoms with Crippen molar-refractivity contribution in [1.82, 2.24) is 0 Å². The van der Waals surface area contributed by atoms with Crippen LogP contribution in [0.5, 0.6) is 0 Å². The Labute approximate surface area is 112 Å². The van der Waals surface area contributed by atoms with Crippen LogP contribution in [0.15, 0.2) is 36.4 Å². The summed E-state index contributed by atoms with van der Waals surface area (Å²) in [4.78, 5) is 10.7. The van der Waals surface area contributed by atoms with Gasteiger partial charge in [-0.2, -0.15) is 0 Å². The molecule has 20 heavy (non-hydrogen) atoms. The lowest BCUT2D eigenvalue weighted by molar-refractivity contribution is 0.0697. The first kappa shape index (κ1) is 13.9.